The van der Waals surface area contributed by atoms with E-state index in [1.54, 1.807) is 0 Å². The summed E-state index contributed by atoms with van der Waals surface area (Å²) in [4.78, 5) is 72.4. The second kappa shape index (κ2) is 14.1. The zero-order chi connectivity index (χ0) is 31.0. The van der Waals surface area contributed by atoms with E-state index in [0.29, 0.717) is 0 Å². The molecule has 1 unspecified atom stereocenters. The predicted molar refractivity (Wildman–Crippen MR) is 148 cm³/mol. The van der Waals surface area contributed by atoms with Crippen LogP contribution in [0.25, 0.3) is 11.1 Å². The Labute approximate surface area is 241 Å². The molecule has 14 nitrogen and oxygen atoms in total. The summed E-state index contributed by atoms with van der Waals surface area (Å²) < 4.78 is 5.43. The summed E-state index contributed by atoms with van der Waals surface area (Å²) in [5.41, 5.74) is 9.16. The third kappa shape index (κ3) is 8.04. The Bertz CT molecular complexity index is 1320. The summed E-state index contributed by atoms with van der Waals surface area (Å²) in [7, 11) is 0. The number of hydrogen-bond donors (Lipinski definition) is 7. The van der Waals surface area contributed by atoms with E-state index in [0.717, 1.165) is 22.3 Å². The molecule has 0 spiro atoms. The van der Waals surface area contributed by atoms with E-state index in [4.69, 9.17) is 15.6 Å². The molecule has 0 bridgehead atoms. The molecule has 2 aromatic carbocycles. The molecular formula is C28H33N5O9. The molecule has 1 aliphatic rings. The number of aliphatic carboxylic acids is 1. The van der Waals surface area contributed by atoms with Crippen LogP contribution in [0.5, 0.6) is 0 Å². The van der Waals surface area contributed by atoms with Gasteiger partial charge in [0.2, 0.25) is 23.6 Å². The molecule has 14 heteroatoms. The minimum atomic E-state index is -1.50. The zero-order valence-electron chi connectivity index (χ0n) is 23.0. The molecule has 2 aromatic rings. The molecule has 0 radical (unpaired) electrons. The van der Waals surface area contributed by atoms with Gasteiger partial charge in [-0.25, -0.2) is 4.79 Å². The minimum Gasteiger partial charge on any atom is -0.480 e. The van der Waals surface area contributed by atoms with Gasteiger partial charge in [-0.05, 0) is 36.1 Å². The number of primary amides is 1. The molecule has 224 valence electrons. The van der Waals surface area contributed by atoms with E-state index in [9.17, 15) is 33.9 Å². The van der Waals surface area contributed by atoms with Crippen LogP contribution in [0.15, 0.2) is 48.5 Å². The van der Waals surface area contributed by atoms with Crippen molar-refractivity contribution in [2.75, 3.05) is 13.2 Å². The minimum absolute atomic E-state index is 0.0298. The van der Waals surface area contributed by atoms with Crippen LogP contribution in [0.1, 0.15) is 37.3 Å². The van der Waals surface area contributed by atoms with Gasteiger partial charge in [-0.1, -0.05) is 48.5 Å². The number of alkyl carbamates (subject to hydrolysis) is 1. The van der Waals surface area contributed by atoms with E-state index in [1.165, 1.54) is 13.8 Å². The topological polar surface area (TPSA) is 226 Å². The van der Waals surface area contributed by atoms with Crippen molar-refractivity contribution in [3.05, 3.63) is 59.7 Å². The molecule has 0 aromatic heterocycles. The molecular weight excluding hydrogens is 550 g/mol. The number of fused-ring (bicyclic) bond motifs is 3. The van der Waals surface area contributed by atoms with Crippen molar-refractivity contribution >= 4 is 35.7 Å². The molecule has 0 heterocycles. The molecule has 0 saturated carbocycles. The maximum Gasteiger partial charge on any atom is 0.407 e. The Morgan fingerprint density at radius 1 is 0.857 bits per heavy atom. The first-order valence-corrected chi connectivity index (χ1v) is 13.1. The first-order valence-electron chi connectivity index (χ1n) is 13.1. The summed E-state index contributed by atoms with van der Waals surface area (Å²) in [6.07, 6.45) is -2.98. The number of amides is 5. The molecule has 0 saturated heterocycles. The van der Waals surface area contributed by atoms with E-state index < -0.39 is 72.9 Å². The number of aliphatic hydroxyl groups is 1. The van der Waals surface area contributed by atoms with Gasteiger partial charge in [-0.2, -0.15) is 0 Å². The number of carboxylic acid groups (broad SMARTS) is 1. The highest BCUT2D eigenvalue weighted by Crippen LogP contribution is 2.44. The summed E-state index contributed by atoms with van der Waals surface area (Å²) in [6, 6.07) is 11.2. The molecule has 8 N–H and O–H groups in total. The van der Waals surface area contributed by atoms with Gasteiger partial charge < -0.3 is 42.0 Å². The quantitative estimate of drug-likeness (QED) is 0.159. The summed E-state index contributed by atoms with van der Waals surface area (Å²) >= 11 is 0. The van der Waals surface area contributed by atoms with Gasteiger partial charge >= 0.3 is 12.1 Å². The van der Waals surface area contributed by atoms with Crippen molar-refractivity contribution in [1.29, 1.82) is 0 Å². The number of nitrogens with one attached hydrogen (secondary N) is 4. The maximum absolute atomic E-state index is 12.9. The van der Waals surface area contributed by atoms with Gasteiger partial charge in [-0.3, -0.25) is 24.0 Å². The fraction of sp³-hybridized carbons (Fsp3) is 0.357. The van der Waals surface area contributed by atoms with Crippen LogP contribution >= 0.6 is 0 Å². The van der Waals surface area contributed by atoms with Gasteiger partial charge in [0.15, 0.2) is 0 Å². The maximum atomic E-state index is 12.9. The Hall–Kier alpha value is -4.98. The lowest BCUT2D eigenvalue weighted by Crippen LogP contribution is -2.58. The van der Waals surface area contributed by atoms with E-state index in [2.05, 4.69) is 16.0 Å². The molecule has 1 aliphatic carbocycles. The smallest absolute Gasteiger partial charge is 0.407 e. The SMILES string of the molecule is CC(O)[C@H](NC(=O)OCC1c2ccccc2-c2ccccc21)C(=O)N[C@@H](C)C(=O)N[C@@H](CC(N)=O)C(=O)NCC(=O)O. The molecule has 42 heavy (non-hydrogen) atoms. The average molecular weight is 584 g/mol. The van der Waals surface area contributed by atoms with Crippen LogP contribution in [-0.4, -0.2) is 83.3 Å². The van der Waals surface area contributed by atoms with Crippen LogP contribution in [0.3, 0.4) is 0 Å². The second-order valence-electron chi connectivity index (χ2n) is 9.76. The molecule has 4 atom stereocenters. The molecule has 5 amide bonds. The highest BCUT2D eigenvalue weighted by molar-refractivity contribution is 5.96. The van der Waals surface area contributed by atoms with Crippen LogP contribution < -0.4 is 27.0 Å². The molecule has 3 rings (SSSR count). The van der Waals surface area contributed by atoms with Crippen LogP contribution in [0.2, 0.25) is 0 Å². The number of aliphatic hydroxyl groups excluding tert-OH is 1. The van der Waals surface area contributed by atoms with Gasteiger partial charge in [-0.15, -0.1) is 0 Å². The summed E-state index contributed by atoms with van der Waals surface area (Å²) in [5.74, 6) is -5.33. The first kappa shape index (κ1) is 31.5. The summed E-state index contributed by atoms with van der Waals surface area (Å²) in [6.45, 7) is 1.73. The van der Waals surface area contributed by atoms with Gasteiger partial charge in [0, 0.05) is 5.92 Å². The van der Waals surface area contributed by atoms with Crippen molar-refractivity contribution in [2.24, 2.45) is 5.73 Å². The highest BCUT2D eigenvalue weighted by Gasteiger charge is 2.32. The van der Waals surface area contributed by atoms with Crippen LogP contribution in [0, 0.1) is 0 Å². The fourth-order valence-corrected chi connectivity index (χ4v) is 4.53. The van der Waals surface area contributed by atoms with Crippen molar-refractivity contribution in [3.8, 4) is 11.1 Å². The van der Waals surface area contributed by atoms with E-state index in [1.807, 2.05) is 53.8 Å². The lowest BCUT2D eigenvalue weighted by molar-refractivity contribution is -0.138. The highest BCUT2D eigenvalue weighted by atomic mass is 16.5. The zero-order valence-corrected chi connectivity index (χ0v) is 23.0. The number of carbonyl (C=O) groups is 6. The number of carboxylic acids is 1. The predicted octanol–water partition coefficient (Wildman–Crippen LogP) is -0.660. The average Bonchev–Trinajstić information content (AvgIpc) is 3.26. The number of benzene rings is 2. The van der Waals surface area contributed by atoms with Crippen molar-refractivity contribution in [3.63, 3.8) is 0 Å². The third-order valence-corrected chi connectivity index (χ3v) is 6.59. The van der Waals surface area contributed by atoms with Gasteiger partial charge in [0.05, 0.1) is 12.5 Å². The molecule has 0 aliphatic heterocycles. The lowest BCUT2D eigenvalue weighted by atomic mass is 9.98. The van der Waals surface area contributed by atoms with Gasteiger partial charge in [0.1, 0.15) is 31.3 Å². The standard InChI is InChI=1S/C28H33N5O9/c1-14(25(38)32-21(11-22(29)35)26(39)30-12-23(36)37)31-27(40)24(15(2)34)33-28(41)42-13-20-18-9-5-3-7-16(18)17-8-4-6-10-19(17)20/h3-10,14-15,20-21,24,34H,11-13H2,1-2H3,(H2,29,35)(H,30,39)(H,31,40)(H,32,38)(H,33,41)(H,36,37)/t14-,15?,21-,24-/m0/s1. The monoisotopic (exact) mass is 583 g/mol. The third-order valence-electron chi connectivity index (χ3n) is 6.59. The number of rotatable bonds is 13. The second-order valence-corrected chi connectivity index (χ2v) is 9.76. The molecule has 0 fully saturated rings. The number of ether oxygens (including phenoxy) is 1. The Balaban J connectivity index is 1.58. The Morgan fingerprint density at radius 3 is 1.95 bits per heavy atom. The van der Waals surface area contributed by atoms with E-state index >= 15 is 0 Å². The first-order chi connectivity index (χ1) is 19.9. The van der Waals surface area contributed by atoms with Crippen molar-refractivity contribution < 1.29 is 43.7 Å². The largest absolute Gasteiger partial charge is 0.480 e. The summed E-state index contributed by atoms with van der Waals surface area (Å²) in [5, 5.41) is 27.8. The van der Waals surface area contributed by atoms with E-state index in [-0.39, 0.29) is 12.5 Å². The van der Waals surface area contributed by atoms with Crippen LogP contribution in [-0.2, 0) is 28.7 Å². The van der Waals surface area contributed by atoms with Crippen molar-refractivity contribution in [2.45, 2.75) is 50.4 Å². The van der Waals surface area contributed by atoms with Crippen LogP contribution in [0.4, 0.5) is 4.79 Å². The Morgan fingerprint density at radius 2 is 1.43 bits per heavy atom. The number of nitrogens with two attached hydrogens (primary N) is 1. The van der Waals surface area contributed by atoms with Crippen molar-refractivity contribution in [1.82, 2.24) is 21.3 Å². The number of carbonyl (C=O) groups excluding carboxylic acids is 5. The Kier molecular flexibility index (Phi) is 10.6. The van der Waals surface area contributed by atoms with Gasteiger partial charge in [0.25, 0.3) is 0 Å². The normalized spacial score (nSPS) is 14.6. The fourth-order valence-electron chi connectivity index (χ4n) is 4.53. The lowest BCUT2D eigenvalue weighted by Gasteiger charge is -2.24. The number of hydrogen-bond acceptors (Lipinski definition) is 8.